The first kappa shape index (κ1) is 38.1. The number of furan rings is 1. The highest BCUT2D eigenvalue weighted by atomic mass is 16.3. The molecule has 0 radical (unpaired) electrons. The summed E-state index contributed by atoms with van der Waals surface area (Å²) in [5, 5.41) is 2.18. The molecule has 6 heteroatoms. The standard InChI is InChI=1S/C59H39N5O/c1-3-14-40(15-4-1)56-60-52(37-53(61-56)48-31-32-51-50-23-9-10-24-54(50)65-55(51)36-48)47-21-11-19-44(34-47)45-20-12-22-49(35-45)59-63-57(41-16-5-2-6-17-41)62-58(64-59)42-28-25-39(26-29-42)46-30-27-38-13-7-8-18-43(38)33-46/h1-26,28-38H,27H2. The second kappa shape index (κ2) is 16.3. The smallest absolute Gasteiger partial charge is 0.164 e. The highest BCUT2D eigenvalue weighted by molar-refractivity contribution is 6.05. The topological polar surface area (TPSA) is 77.6 Å². The predicted molar refractivity (Wildman–Crippen MR) is 263 cm³/mol. The van der Waals surface area contributed by atoms with Crippen LogP contribution in [-0.4, -0.2) is 24.9 Å². The minimum absolute atomic E-state index is 0.460. The molecule has 0 saturated heterocycles. The van der Waals surface area contributed by atoms with Crippen LogP contribution in [0.2, 0.25) is 0 Å². The molecule has 0 amide bonds. The van der Waals surface area contributed by atoms with Gasteiger partial charge in [0.1, 0.15) is 11.2 Å². The van der Waals surface area contributed by atoms with Gasteiger partial charge in [-0.15, -0.1) is 0 Å². The lowest BCUT2D eigenvalue weighted by Crippen LogP contribution is -2.05. The van der Waals surface area contributed by atoms with Gasteiger partial charge in [-0.2, -0.15) is 0 Å². The van der Waals surface area contributed by atoms with Gasteiger partial charge in [-0.25, -0.2) is 24.9 Å². The number of benzene rings is 7. The molecule has 306 valence electrons. The van der Waals surface area contributed by atoms with Crippen LogP contribution < -0.4 is 0 Å². The lowest BCUT2D eigenvalue weighted by molar-refractivity contribution is 0.669. The third-order valence-corrected chi connectivity index (χ3v) is 12.3. The van der Waals surface area contributed by atoms with Crippen molar-refractivity contribution in [1.29, 1.82) is 0 Å². The van der Waals surface area contributed by atoms with E-state index < -0.39 is 0 Å². The maximum atomic E-state index is 6.28. The van der Waals surface area contributed by atoms with Crippen LogP contribution in [-0.2, 0) is 0 Å². The highest BCUT2D eigenvalue weighted by Crippen LogP contribution is 2.37. The maximum Gasteiger partial charge on any atom is 0.164 e. The minimum atomic E-state index is 0.460. The summed E-state index contributed by atoms with van der Waals surface area (Å²) >= 11 is 0. The molecule has 0 saturated carbocycles. The molecular weight excluding hydrogens is 795 g/mol. The first-order valence-electron chi connectivity index (χ1n) is 21.9. The average Bonchev–Trinajstić information content (AvgIpc) is 3.77. The van der Waals surface area contributed by atoms with Crippen LogP contribution in [0.25, 0.3) is 107 Å². The minimum Gasteiger partial charge on any atom is -0.456 e. The monoisotopic (exact) mass is 833 g/mol. The molecule has 7 aromatic carbocycles. The van der Waals surface area contributed by atoms with Gasteiger partial charge in [0.15, 0.2) is 23.3 Å². The largest absolute Gasteiger partial charge is 0.456 e. The molecule has 3 heterocycles. The fraction of sp³-hybridized carbons (Fsp3) is 0.0339. The van der Waals surface area contributed by atoms with Crippen molar-refractivity contribution < 1.29 is 4.42 Å². The van der Waals surface area contributed by atoms with Gasteiger partial charge < -0.3 is 4.42 Å². The van der Waals surface area contributed by atoms with E-state index in [0.717, 1.165) is 84.3 Å². The highest BCUT2D eigenvalue weighted by Gasteiger charge is 2.18. The Labute approximate surface area is 376 Å². The Morgan fingerprint density at radius 1 is 0.385 bits per heavy atom. The van der Waals surface area contributed by atoms with E-state index in [1.807, 2.05) is 78.9 Å². The van der Waals surface area contributed by atoms with E-state index in [1.165, 1.54) is 16.7 Å². The molecule has 3 aromatic heterocycles. The van der Waals surface area contributed by atoms with Gasteiger partial charge in [0.25, 0.3) is 0 Å². The molecule has 0 bridgehead atoms. The van der Waals surface area contributed by atoms with Crippen molar-refractivity contribution in [3.8, 4) is 79.2 Å². The Kier molecular flexibility index (Phi) is 9.53. The van der Waals surface area contributed by atoms with Gasteiger partial charge in [0, 0.05) is 50.1 Å². The first-order chi connectivity index (χ1) is 32.1. The van der Waals surface area contributed by atoms with E-state index in [4.69, 9.17) is 29.3 Å². The molecule has 2 aliphatic carbocycles. The fourth-order valence-corrected chi connectivity index (χ4v) is 8.87. The van der Waals surface area contributed by atoms with E-state index >= 15 is 0 Å². The molecule has 65 heavy (non-hydrogen) atoms. The zero-order valence-corrected chi connectivity index (χ0v) is 35.2. The molecule has 0 fully saturated rings. The number of fused-ring (bicyclic) bond motifs is 4. The summed E-state index contributed by atoms with van der Waals surface area (Å²) in [7, 11) is 0. The summed E-state index contributed by atoms with van der Waals surface area (Å²) in [6.45, 7) is 0. The summed E-state index contributed by atoms with van der Waals surface area (Å²) in [4.78, 5) is 25.4. The van der Waals surface area contributed by atoms with Gasteiger partial charge in [-0.3, -0.25) is 0 Å². The van der Waals surface area contributed by atoms with Crippen LogP contribution in [0.1, 0.15) is 12.0 Å². The van der Waals surface area contributed by atoms with Crippen LogP contribution >= 0.6 is 0 Å². The van der Waals surface area contributed by atoms with E-state index in [0.29, 0.717) is 29.2 Å². The van der Waals surface area contributed by atoms with E-state index in [2.05, 4.69) is 140 Å². The molecule has 6 nitrogen and oxygen atoms in total. The summed E-state index contributed by atoms with van der Waals surface area (Å²) in [5.74, 6) is 2.96. The van der Waals surface area contributed by atoms with Crippen LogP contribution in [0.5, 0.6) is 0 Å². The predicted octanol–water partition coefficient (Wildman–Crippen LogP) is 14.7. The van der Waals surface area contributed by atoms with Gasteiger partial charge in [0.2, 0.25) is 0 Å². The number of hydrogen-bond donors (Lipinski definition) is 0. The van der Waals surface area contributed by atoms with Gasteiger partial charge >= 0.3 is 0 Å². The zero-order chi connectivity index (χ0) is 43.1. The number of rotatable bonds is 8. The summed E-state index contributed by atoms with van der Waals surface area (Å²) in [6, 6.07) is 62.3. The molecule has 2 aliphatic rings. The zero-order valence-electron chi connectivity index (χ0n) is 35.2. The van der Waals surface area contributed by atoms with Crippen LogP contribution in [0.3, 0.4) is 0 Å². The molecular formula is C59H39N5O. The third-order valence-electron chi connectivity index (χ3n) is 12.3. The van der Waals surface area contributed by atoms with Crippen LogP contribution in [0.4, 0.5) is 0 Å². The Balaban J connectivity index is 0.903. The normalized spacial score (nSPS) is 14.3. The third kappa shape index (κ3) is 7.47. The quantitative estimate of drug-likeness (QED) is 0.152. The van der Waals surface area contributed by atoms with Crippen LogP contribution in [0, 0.1) is 5.92 Å². The van der Waals surface area contributed by atoms with Gasteiger partial charge in [-0.05, 0) is 70.7 Å². The van der Waals surface area contributed by atoms with E-state index in [-0.39, 0.29) is 0 Å². The molecule has 1 atom stereocenters. The van der Waals surface area contributed by atoms with Crippen molar-refractivity contribution in [3.63, 3.8) is 0 Å². The van der Waals surface area contributed by atoms with Crippen LogP contribution in [0.15, 0.2) is 228 Å². The van der Waals surface area contributed by atoms with Crippen molar-refractivity contribution in [1.82, 2.24) is 24.9 Å². The van der Waals surface area contributed by atoms with Crippen molar-refractivity contribution in [3.05, 3.63) is 230 Å². The summed E-state index contributed by atoms with van der Waals surface area (Å²) in [5.41, 5.74) is 14.8. The maximum absolute atomic E-state index is 6.28. The average molecular weight is 834 g/mol. The Bertz CT molecular complexity index is 3570. The number of hydrogen-bond acceptors (Lipinski definition) is 6. The van der Waals surface area contributed by atoms with Gasteiger partial charge in [-0.1, -0.05) is 182 Å². The van der Waals surface area contributed by atoms with E-state index in [9.17, 15) is 0 Å². The molecule has 10 aromatic rings. The molecule has 12 rings (SSSR count). The fourth-order valence-electron chi connectivity index (χ4n) is 8.87. The Hall–Kier alpha value is -8.61. The second-order valence-corrected chi connectivity index (χ2v) is 16.4. The van der Waals surface area contributed by atoms with Crippen molar-refractivity contribution in [2.75, 3.05) is 0 Å². The molecule has 0 N–H and O–H groups in total. The number of para-hydroxylation sites is 1. The Morgan fingerprint density at radius 3 is 1.63 bits per heavy atom. The lowest BCUT2D eigenvalue weighted by Gasteiger charge is -2.21. The first-order valence-corrected chi connectivity index (χ1v) is 21.9. The number of nitrogens with zero attached hydrogens (tertiary/aromatic N) is 5. The van der Waals surface area contributed by atoms with Crippen molar-refractivity contribution in [2.45, 2.75) is 6.42 Å². The summed E-state index contributed by atoms with van der Waals surface area (Å²) < 4.78 is 6.28. The SMILES string of the molecule is C1=CC2=CC(c3ccc(-c4nc(-c5ccccc5)nc(-c5cccc(-c6cccc(-c7cc(-c8ccc9c(c8)oc8ccccc89)nc(-c8ccccc8)n7)c6)c5)n4)cc3)=CCC2C=C1. The number of aromatic nitrogens is 5. The van der Waals surface area contributed by atoms with Crippen molar-refractivity contribution in [2.24, 2.45) is 5.92 Å². The molecule has 0 spiro atoms. The van der Waals surface area contributed by atoms with Gasteiger partial charge in [0.05, 0.1) is 11.4 Å². The Morgan fingerprint density at radius 2 is 0.908 bits per heavy atom. The number of allylic oxidation sites excluding steroid dienone is 8. The lowest BCUT2D eigenvalue weighted by atomic mass is 9.84. The second-order valence-electron chi connectivity index (χ2n) is 16.4. The molecule has 1 unspecified atom stereocenters. The van der Waals surface area contributed by atoms with Crippen molar-refractivity contribution >= 4 is 27.5 Å². The summed E-state index contributed by atoms with van der Waals surface area (Å²) in [6.07, 6.45) is 14.4. The molecule has 0 aliphatic heterocycles. The van der Waals surface area contributed by atoms with E-state index in [1.54, 1.807) is 0 Å².